The van der Waals surface area contributed by atoms with Crippen molar-refractivity contribution in [3.8, 4) is 0 Å². The van der Waals surface area contributed by atoms with Gasteiger partial charge < -0.3 is 13.3 Å². The summed E-state index contributed by atoms with van der Waals surface area (Å²) in [4.78, 5) is 0. The summed E-state index contributed by atoms with van der Waals surface area (Å²) >= 11 is 0. The Bertz CT molecular complexity index is 277. The number of allylic oxidation sites excluding steroid dienone is 4. The molecule has 0 aromatic rings. The van der Waals surface area contributed by atoms with Gasteiger partial charge in [0, 0.05) is 5.70 Å². The standard InChI is InChI=1S/C12H20O3Si/c1-8-9-16(13-10(2)3,14-11(4)5)15-12(6)7/h8-9H,2,4,6H2,1,3,5,7H3. The highest BCUT2D eigenvalue weighted by atomic mass is 28.4. The van der Waals surface area contributed by atoms with E-state index in [9.17, 15) is 0 Å². The van der Waals surface area contributed by atoms with Crippen LogP contribution in [0.3, 0.4) is 0 Å². The van der Waals surface area contributed by atoms with Crippen molar-refractivity contribution >= 4 is 8.80 Å². The minimum atomic E-state index is -2.96. The van der Waals surface area contributed by atoms with E-state index in [1.54, 1.807) is 26.5 Å². The molecule has 0 aromatic heterocycles. The molecule has 0 aromatic carbocycles. The van der Waals surface area contributed by atoms with Gasteiger partial charge >= 0.3 is 8.80 Å². The van der Waals surface area contributed by atoms with Crippen LogP contribution in [-0.2, 0) is 13.3 Å². The Morgan fingerprint density at radius 1 is 0.875 bits per heavy atom. The number of hydrogen-bond acceptors (Lipinski definition) is 3. The molecular weight excluding hydrogens is 220 g/mol. The summed E-state index contributed by atoms with van der Waals surface area (Å²) in [5, 5.41) is 0. The first kappa shape index (κ1) is 14.6. The lowest BCUT2D eigenvalue weighted by Crippen LogP contribution is -2.42. The highest BCUT2D eigenvalue weighted by Crippen LogP contribution is 2.21. The van der Waals surface area contributed by atoms with E-state index in [-0.39, 0.29) is 0 Å². The molecule has 90 valence electrons. The van der Waals surface area contributed by atoms with E-state index in [0.29, 0.717) is 17.3 Å². The van der Waals surface area contributed by atoms with Crippen LogP contribution in [0.25, 0.3) is 0 Å². The maximum absolute atomic E-state index is 5.59. The summed E-state index contributed by atoms with van der Waals surface area (Å²) in [6, 6.07) is 0. The molecule has 0 aliphatic carbocycles. The lowest BCUT2D eigenvalue weighted by Gasteiger charge is -2.27. The van der Waals surface area contributed by atoms with Crippen LogP contribution >= 0.6 is 0 Å². The number of rotatable bonds is 7. The van der Waals surface area contributed by atoms with Gasteiger partial charge in [0.15, 0.2) is 0 Å². The van der Waals surface area contributed by atoms with Gasteiger partial charge in [-0.05, 0) is 27.7 Å². The third-order valence-corrected chi connectivity index (χ3v) is 3.96. The maximum atomic E-state index is 5.59. The van der Waals surface area contributed by atoms with Crippen molar-refractivity contribution < 1.29 is 13.3 Å². The van der Waals surface area contributed by atoms with Crippen molar-refractivity contribution in [2.45, 2.75) is 27.7 Å². The average molecular weight is 240 g/mol. The fourth-order valence-corrected chi connectivity index (χ4v) is 3.29. The molecule has 0 heterocycles. The van der Waals surface area contributed by atoms with Gasteiger partial charge in [-0.15, -0.1) is 0 Å². The molecular formula is C12H20O3Si. The molecule has 0 spiro atoms. The molecule has 0 aliphatic heterocycles. The van der Waals surface area contributed by atoms with E-state index < -0.39 is 8.80 Å². The van der Waals surface area contributed by atoms with Gasteiger partial charge in [-0.1, -0.05) is 25.8 Å². The molecule has 0 fully saturated rings. The van der Waals surface area contributed by atoms with Gasteiger partial charge in [0.05, 0.1) is 17.3 Å². The molecule has 3 nitrogen and oxygen atoms in total. The Morgan fingerprint density at radius 2 is 1.19 bits per heavy atom. The minimum Gasteiger partial charge on any atom is -0.485 e. The zero-order valence-corrected chi connectivity index (χ0v) is 11.5. The largest absolute Gasteiger partial charge is 0.728 e. The SMILES string of the molecule is C=C(C)O[Si](C=CC)(OC(=C)C)OC(=C)C. The van der Waals surface area contributed by atoms with Crippen LogP contribution in [-0.4, -0.2) is 8.80 Å². The summed E-state index contributed by atoms with van der Waals surface area (Å²) in [6.07, 6.45) is 1.82. The lowest BCUT2D eigenvalue weighted by molar-refractivity contribution is 0.159. The van der Waals surface area contributed by atoms with Crippen molar-refractivity contribution in [1.29, 1.82) is 0 Å². The van der Waals surface area contributed by atoms with Crippen molar-refractivity contribution in [3.05, 3.63) is 48.8 Å². The first-order chi connectivity index (χ1) is 7.31. The van der Waals surface area contributed by atoms with E-state index in [4.69, 9.17) is 13.3 Å². The van der Waals surface area contributed by atoms with Crippen molar-refractivity contribution in [1.82, 2.24) is 0 Å². The predicted molar refractivity (Wildman–Crippen MR) is 68.3 cm³/mol. The topological polar surface area (TPSA) is 27.7 Å². The highest BCUT2D eigenvalue weighted by molar-refractivity contribution is 6.67. The summed E-state index contributed by atoms with van der Waals surface area (Å²) < 4.78 is 16.8. The normalized spacial score (nSPS) is 11.0. The second-order valence-electron chi connectivity index (χ2n) is 3.52. The van der Waals surface area contributed by atoms with E-state index in [1.165, 1.54) is 0 Å². The quantitative estimate of drug-likeness (QED) is 0.502. The van der Waals surface area contributed by atoms with Crippen molar-refractivity contribution in [3.63, 3.8) is 0 Å². The van der Waals surface area contributed by atoms with Gasteiger partial charge in [-0.25, -0.2) is 0 Å². The van der Waals surface area contributed by atoms with E-state index >= 15 is 0 Å². The average Bonchev–Trinajstić information content (AvgIpc) is 1.98. The first-order valence-corrected chi connectivity index (χ1v) is 6.79. The third kappa shape index (κ3) is 5.46. The van der Waals surface area contributed by atoms with Crippen molar-refractivity contribution in [2.75, 3.05) is 0 Å². The van der Waals surface area contributed by atoms with Crippen LogP contribution in [0.1, 0.15) is 27.7 Å². The minimum absolute atomic E-state index is 0.535. The fraction of sp³-hybridized carbons (Fsp3) is 0.333. The Balaban J connectivity index is 5.09. The second-order valence-corrected chi connectivity index (χ2v) is 5.67. The molecule has 0 unspecified atom stereocenters. The highest BCUT2D eigenvalue weighted by Gasteiger charge is 2.46. The predicted octanol–water partition coefficient (Wildman–Crippen LogP) is 3.69. The lowest BCUT2D eigenvalue weighted by atomic mass is 10.7. The Kier molecular flexibility index (Phi) is 5.67. The monoisotopic (exact) mass is 240 g/mol. The van der Waals surface area contributed by atoms with Gasteiger partial charge in [-0.3, -0.25) is 0 Å². The molecule has 0 amide bonds. The summed E-state index contributed by atoms with van der Waals surface area (Å²) in [5.41, 5.74) is 1.77. The third-order valence-electron chi connectivity index (χ3n) is 1.32. The van der Waals surface area contributed by atoms with Crippen LogP contribution in [0.4, 0.5) is 0 Å². The fourth-order valence-electron chi connectivity index (χ4n) is 1.10. The summed E-state index contributed by atoms with van der Waals surface area (Å²) in [6.45, 7) is 18.2. The van der Waals surface area contributed by atoms with Crippen LogP contribution < -0.4 is 0 Å². The van der Waals surface area contributed by atoms with Crippen LogP contribution in [0.2, 0.25) is 0 Å². The Labute approximate surface area is 99.1 Å². The van der Waals surface area contributed by atoms with E-state index in [1.807, 2.05) is 13.0 Å². The molecule has 0 saturated heterocycles. The van der Waals surface area contributed by atoms with Crippen LogP contribution in [0, 0.1) is 0 Å². The van der Waals surface area contributed by atoms with Gasteiger partial charge in [0.25, 0.3) is 0 Å². The molecule has 0 radical (unpaired) electrons. The molecule has 4 heteroatoms. The van der Waals surface area contributed by atoms with E-state index in [2.05, 4.69) is 19.7 Å². The Hall–Kier alpha value is -1.42. The zero-order chi connectivity index (χ0) is 12.8. The summed E-state index contributed by atoms with van der Waals surface area (Å²) in [7, 11) is -2.96. The molecule has 0 atom stereocenters. The van der Waals surface area contributed by atoms with Gasteiger partial charge in [0.1, 0.15) is 0 Å². The first-order valence-electron chi connectivity index (χ1n) is 4.98. The van der Waals surface area contributed by atoms with Crippen molar-refractivity contribution in [2.24, 2.45) is 0 Å². The second kappa shape index (κ2) is 6.22. The molecule has 0 aliphatic rings. The molecule has 16 heavy (non-hydrogen) atoms. The zero-order valence-electron chi connectivity index (χ0n) is 10.5. The van der Waals surface area contributed by atoms with Gasteiger partial charge in [0.2, 0.25) is 0 Å². The van der Waals surface area contributed by atoms with Crippen LogP contribution in [0.5, 0.6) is 0 Å². The number of hydrogen-bond donors (Lipinski definition) is 0. The van der Waals surface area contributed by atoms with E-state index in [0.717, 1.165) is 0 Å². The van der Waals surface area contributed by atoms with Gasteiger partial charge in [-0.2, -0.15) is 0 Å². The maximum Gasteiger partial charge on any atom is 0.728 e. The smallest absolute Gasteiger partial charge is 0.485 e. The molecule has 0 bridgehead atoms. The molecule has 0 saturated carbocycles. The van der Waals surface area contributed by atoms with Crippen LogP contribution in [0.15, 0.2) is 48.8 Å². The molecule has 0 rings (SSSR count). The molecule has 0 N–H and O–H groups in total. The summed E-state index contributed by atoms with van der Waals surface area (Å²) in [5.74, 6) is 1.60. The Morgan fingerprint density at radius 3 is 1.38 bits per heavy atom.